The van der Waals surface area contributed by atoms with Crippen LogP contribution in [0.15, 0.2) is 4.99 Å². The Hall–Kier alpha value is -0.810. The maximum Gasteiger partial charge on any atom is 0.191 e. The molecule has 5 nitrogen and oxygen atoms in total. The lowest BCUT2D eigenvalue weighted by Crippen LogP contribution is -2.43. The van der Waals surface area contributed by atoms with Crippen LogP contribution in [0.2, 0.25) is 0 Å². The lowest BCUT2D eigenvalue weighted by molar-refractivity contribution is 0.0169. The van der Waals surface area contributed by atoms with Gasteiger partial charge in [0, 0.05) is 26.2 Å². The molecule has 154 valence electrons. The second-order valence-electron chi connectivity index (χ2n) is 7.54. The monoisotopic (exact) mass is 368 g/mol. The third-order valence-electron chi connectivity index (χ3n) is 5.64. The van der Waals surface area contributed by atoms with Crippen LogP contribution in [0.3, 0.4) is 0 Å². The molecular formula is C21H44N4O. The summed E-state index contributed by atoms with van der Waals surface area (Å²) in [6.07, 6.45) is 9.27. The molecule has 2 N–H and O–H groups in total. The summed E-state index contributed by atoms with van der Waals surface area (Å²) in [5.74, 6) is 1.67. The zero-order chi connectivity index (χ0) is 19.2. The zero-order valence-electron chi connectivity index (χ0n) is 18.0. The largest absolute Gasteiger partial charge is 0.378 e. The van der Waals surface area contributed by atoms with Crippen LogP contribution < -0.4 is 10.6 Å². The SMILES string of the molecule is CCOC(CCNC(=NC)NC(C)CCCN(CC)CC)C1CCCC1. The molecule has 1 rings (SSSR count). The molecule has 0 heterocycles. The van der Waals surface area contributed by atoms with Crippen molar-refractivity contribution in [2.45, 2.75) is 84.8 Å². The Morgan fingerprint density at radius 3 is 2.42 bits per heavy atom. The summed E-state index contributed by atoms with van der Waals surface area (Å²) in [4.78, 5) is 6.87. The summed E-state index contributed by atoms with van der Waals surface area (Å²) >= 11 is 0. The van der Waals surface area contributed by atoms with E-state index in [1.807, 2.05) is 7.05 Å². The van der Waals surface area contributed by atoms with Crippen LogP contribution in [0, 0.1) is 5.92 Å². The summed E-state index contributed by atoms with van der Waals surface area (Å²) < 4.78 is 6.01. The van der Waals surface area contributed by atoms with Gasteiger partial charge in [0.25, 0.3) is 0 Å². The van der Waals surface area contributed by atoms with Crippen molar-refractivity contribution in [2.24, 2.45) is 10.9 Å². The summed E-state index contributed by atoms with van der Waals surface area (Å²) in [6, 6.07) is 0.439. The first kappa shape index (κ1) is 23.2. The number of ether oxygens (including phenoxy) is 1. The minimum Gasteiger partial charge on any atom is -0.378 e. The minimum absolute atomic E-state index is 0.402. The molecule has 2 unspecified atom stereocenters. The molecule has 0 aromatic heterocycles. The first-order chi connectivity index (χ1) is 12.6. The summed E-state index contributed by atoms with van der Waals surface area (Å²) in [6.45, 7) is 14.0. The Morgan fingerprint density at radius 2 is 1.85 bits per heavy atom. The van der Waals surface area contributed by atoms with Crippen LogP contribution in [-0.2, 0) is 4.74 Å². The molecule has 0 radical (unpaired) electrons. The molecule has 1 fully saturated rings. The van der Waals surface area contributed by atoms with Crippen LogP contribution in [0.4, 0.5) is 0 Å². The Kier molecular flexibility index (Phi) is 12.8. The number of guanidine groups is 1. The van der Waals surface area contributed by atoms with Gasteiger partial charge >= 0.3 is 0 Å². The molecule has 0 amide bonds. The molecule has 5 heteroatoms. The Balaban J connectivity index is 2.26. The van der Waals surface area contributed by atoms with Crippen LogP contribution in [0.1, 0.15) is 72.6 Å². The highest BCUT2D eigenvalue weighted by Gasteiger charge is 2.25. The molecule has 0 aromatic carbocycles. The maximum atomic E-state index is 6.01. The predicted molar refractivity (Wildman–Crippen MR) is 113 cm³/mol. The van der Waals surface area contributed by atoms with Crippen LogP contribution >= 0.6 is 0 Å². The van der Waals surface area contributed by atoms with Gasteiger partial charge in [0.1, 0.15) is 0 Å². The minimum atomic E-state index is 0.402. The Bertz CT molecular complexity index is 365. The van der Waals surface area contributed by atoms with Crippen molar-refractivity contribution in [2.75, 3.05) is 39.8 Å². The van der Waals surface area contributed by atoms with Gasteiger partial charge in [0.05, 0.1) is 6.10 Å². The number of hydrogen-bond donors (Lipinski definition) is 2. The zero-order valence-corrected chi connectivity index (χ0v) is 18.0. The van der Waals surface area contributed by atoms with Gasteiger partial charge in [-0.25, -0.2) is 0 Å². The highest BCUT2D eigenvalue weighted by atomic mass is 16.5. The summed E-state index contributed by atoms with van der Waals surface area (Å²) in [5, 5.41) is 7.01. The fourth-order valence-corrected chi connectivity index (χ4v) is 3.99. The van der Waals surface area contributed by atoms with Gasteiger partial charge in [-0.3, -0.25) is 4.99 Å². The van der Waals surface area contributed by atoms with Crippen molar-refractivity contribution in [3.8, 4) is 0 Å². The van der Waals surface area contributed by atoms with Gasteiger partial charge in [-0.2, -0.15) is 0 Å². The van der Waals surface area contributed by atoms with Gasteiger partial charge in [-0.15, -0.1) is 0 Å². The number of aliphatic imine (C=N–C) groups is 1. The second-order valence-corrected chi connectivity index (χ2v) is 7.54. The lowest BCUT2D eigenvalue weighted by Gasteiger charge is -2.24. The summed E-state index contributed by atoms with van der Waals surface area (Å²) in [5.41, 5.74) is 0. The number of nitrogens with one attached hydrogen (secondary N) is 2. The topological polar surface area (TPSA) is 48.9 Å². The van der Waals surface area contributed by atoms with Gasteiger partial charge in [0.15, 0.2) is 5.96 Å². The molecule has 0 bridgehead atoms. The van der Waals surface area contributed by atoms with Crippen molar-refractivity contribution in [3.63, 3.8) is 0 Å². The van der Waals surface area contributed by atoms with Crippen molar-refractivity contribution < 1.29 is 4.74 Å². The Labute approximate surface area is 162 Å². The average Bonchev–Trinajstić information content (AvgIpc) is 3.18. The number of nitrogens with zero attached hydrogens (tertiary/aromatic N) is 2. The van der Waals surface area contributed by atoms with Crippen LogP contribution in [-0.4, -0.2) is 62.8 Å². The van der Waals surface area contributed by atoms with E-state index >= 15 is 0 Å². The fourth-order valence-electron chi connectivity index (χ4n) is 3.99. The van der Waals surface area contributed by atoms with Gasteiger partial charge in [-0.05, 0) is 71.5 Å². The first-order valence-electron chi connectivity index (χ1n) is 11.0. The highest BCUT2D eigenvalue weighted by Crippen LogP contribution is 2.30. The standard InChI is InChI=1S/C21H44N4O/c1-6-25(7-2)17-11-12-18(4)24-21(22-5)23-16-15-20(26-8-3)19-13-9-10-14-19/h18-20H,6-17H2,1-5H3,(H2,22,23,24). The summed E-state index contributed by atoms with van der Waals surface area (Å²) in [7, 11) is 1.86. The molecule has 0 saturated heterocycles. The molecule has 1 aliphatic rings. The van der Waals surface area contributed by atoms with E-state index in [1.165, 1.54) is 45.1 Å². The molecule has 0 aromatic rings. The quantitative estimate of drug-likeness (QED) is 0.385. The van der Waals surface area contributed by atoms with Crippen molar-refractivity contribution in [1.29, 1.82) is 0 Å². The first-order valence-corrected chi connectivity index (χ1v) is 11.0. The molecular weight excluding hydrogens is 324 g/mol. The van der Waals surface area contributed by atoms with Crippen molar-refractivity contribution >= 4 is 5.96 Å². The van der Waals surface area contributed by atoms with E-state index in [2.05, 4.69) is 48.2 Å². The molecule has 1 aliphatic carbocycles. The fraction of sp³-hybridized carbons (Fsp3) is 0.952. The van der Waals surface area contributed by atoms with Crippen molar-refractivity contribution in [1.82, 2.24) is 15.5 Å². The van der Waals surface area contributed by atoms with E-state index in [-0.39, 0.29) is 0 Å². The van der Waals surface area contributed by atoms with E-state index in [1.54, 1.807) is 0 Å². The molecule has 2 atom stereocenters. The third-order valence-corrected chi connectivity index (χ3v) is 5.64. The average molecular weight is 369 g/mol. The number of rotatable bonds is 13. The van der Waals surface area contributed by atoms with E-state index in [0.29, 0.717) is 12.1 Å². The van der Waals surface area contributed by atoms with Crippen LogP contribution in [0.5, 0.6) is 0 Å². The lowest BCUT2D eigenvalue weighted by atomic mass is 9.98. The van der Waals surface area contributed by atoms with E-state index in [4.69, 9.17) is 4.74 Å². The highest BCUT2D eigenvalue weighted by molar-refractivity contribution is 5.79. The normalized spacial score (nSPS) is 18.3. The third kappa shape index (κ3) is 9.22. The molecule has 26 heavy (non-hydrogen) atoms. The number of hydrogen-bond acceptors (Lipinski definition) is 3. The molecule has 0 spiro atoms. The van der Waals surface area contributed by atoms with Gasteiger partial charge in [0.2, 0.25) is 0 Å². The predicted octanol–water partition coefficient (Wildman–Crippen LogP) is 3.65. The van der Waals surface area contributed by atoms with E-state index in [0.717, 1.165) is 44.5 Å². The van der Waals surface area contributed by atoms with Crippen molar-refractivity contribution in [3.05, 3.63) is 0 Å². The molecule has 0 aliphatic heterocycles. The molecule has 1 saturated carbocycles. The smallest absolute Gasteiger partial charge is 0.191 e. The van der Waals surface area contributed by atoms with Gasteiger partial charge < -0.3 is 20.3 Å². The van der Waals surface area contributed by atoms with Gasteiger partial charge in [-0.1, -0.05) is 26.7 Å². The van der Waals surface area contributed by atoms with E-state index in [9.17, 15) is 0 Å². The Morgan fingerprint density at radius 1 is 1.15 bits per heavy atom. The van der Waals surface area contributed by atoms with Crippen LogP contribution in [0.25, 0.3) is 0 Å². The second kappa shape index (κ2) is 14.3. The maximum absolute atomic E-state index is 6.01. The van der Waals surface area contributed by atoms with E-state index < -0.39 is 0 Å².